The van der Waals surface area contributed by atoms with Crippen LogP contribution in [0.2, 0.25) is 0 Å². The van der Waals surface area contributed by atoms with Gasteiger partial charge in [-0.1, -0.05) is 18.2 Å². The number of halogens is 4. The van der Waals surface area contributed by atoms with Gasteiger partial charge in [-0.15, -0.1) is 0 Å². The number of carbonyl (C=O) groups is 2. The molecule has 0 aliphatic heterocycles. The van der Waals surface area contributed by atoms with E-state index in [0.717, 1.165) is 23.3 Å². The molecule has 196 valence electrons. The van der Waals surface area contributed by atoms with E-state index in [1.54, 1.807) is 19.2 Å². The van der Waals surface area contributed by atoms with Crippen LogP contribution < -0.4 is 10.6 Å². The Morgan fingerprint density at radius 1 is 1.08 bits per heavy atom. The third-order valence-electron chi connectivity index (χ3n) is 7.23. The molecule has 2 aromatic rings. The van der Waals surface area contributed by atoms with Crippen molar-refractivity contribution in [3.63, 3.8) is 0 Å². The van der Waals surface area contributed by atoms with Gasteiger partial charge in [0.15, 0.2) is 0 Å². The van der Waals surface area contributed by atoms with Crippen LogP contribution in [0.15, 0.2) is 42.5 Å². The van der Waals surface area contributed by atoms with Crippen LogP contribution in [-0.2, 0) is 11.2 Å². The summed E-state index contributed by atoms with van der Waals surface area (Å²) in [6, 6.07) is 10.3. The Kier molecular flexibility index (Phi) is 8.44. The lowest BCUT2D eigenvalue weighted by Crippen LogP contribution is -2.43. The zero-order valence-electron chi connectivity index (χ0n) is 21.0. The molecular formula is C27H33F4N3O2. The highest BCUT2D eigenvalue weighted by Gasteiger charge is 2.67. The van der Waals surface area contributed by atoms with E-state index in [4.69, 9.17) is 0 Å². The average molecular weight is 508 g/mol. The fraction of sp³-hybridized carbons (Fsp3) is 0.481. The number of likely N-dealkylation sites (N-methyl/N-ethyl adjacent to an activating group) is 1. The van der Waals surface area contributed by atoms with Crippen LogP contribution in [0.25, 0.3) is 0 Å². The lowest BCUT2D eigenvalue weighted by atomic mass is 9.80. The molecule has 0 radical (unpaired) electrons. The summed E-state index contributed by atoms with van der Waals surface area (Å²) < 4.78 is 55.2. The summed E-state index contributed by atoms with van der Waals surface area (Å²) in [5, 5.41) is 5.41. The molecule has 2 aromatic carbocycles. The van der Waals surface area contributed by atoms with Crippen LogP contribution in [0, 0.1) is 18.2 Å². The van der Waals surface area contributed by atoms with Gasteiger partial charge in [0.05, 0.1) is 5.41 Å². The summed E-state index contributed by atoms with van der Waals surface area (Å²) in [6.45, 7) is 2.16. The second kappa shape index (κ2) is 11.0. The first-order chi connectivity index (χ1) is 16.9. The van der Waals surface area contributed by atoms with Crippen LogP contribution in [0.5, 0.6) is 0 Å². The minimum absolute atomic E-state index is 0.0442. The molecule has 1 aliphatic carbocycles. The van der Waals surface area contributed by atoms with E-state index in [0.29, 0.717) is 17.5 Å². The molecule has 1 aliphatic rings. The molecule has 1 saturated carbocycles. The largest absolute Gasteiger partial charge is 0.395 e. The zero-order valence-corrected chi connectivity index (χ0v) is 21.0. The van der Waals surface area contributed by atoms with Crippen molar-refractivity contribution < 1.29 is 27.2 Å². The van der Waals surface area contributed by atoms with Gasteiger partial charge in [0.2, 0.25) is 5.91 Å². The molecule has 0 aromatic heterocycles. The molecule has 9 heteroatoms. The fourth-order valence-electron chi connectivity index (χ4n) is 4.68. The Balaban J connectivity index is 1.70. The predicted octanol–water partition coefficient (Wildman–Crippen LogP) is 4.60. The summed E-state index contributed by atoms with van der Waals surface area (Å²) in [5.41, 5.74) is 0.865. The summed E-state index contributed by atoms with van der Waals surface area (Å²) in [6.07, 6.45) is -4.28. The van der Waals surface area contributed by atoms with Crippen LogP contribution in [0.4, 0.5) is 17.6 Å². The molecule has 2 N–H and O–H groups in total. The van der Waals surface area contributed by atoms with Crippen LogP contribution in [0.3, 0.4) is 0 Å². The molecule has 5 nitrogen and oxygen atoms in total. The third-order valence-corrected chi connectivity index (χ3v) is 7.23. The van der Waals surface area contributed by atoms with Crippen molar-refractivity contribution in [2.45, 2.75) is 50.7 Å². The molecule has 36 heavy (non-hydrogen) atoms. The minimum Gasteiger partial charge on any atom is -0.355 e. The lowest BCUT2D eigenvalue weighted by Gasteiger charge is -2.30. The summed E-state index contributed by atoms with van der Waals surface area (Å²) >= 11 is 0. The number of alkyl halides is 3. The highest BCUT2D eigenvalue weighted by molar-refractivity contribution is 5.94. The second-order valence-electron chi connectivity index (χ2n) is 9.81. The van der Waals surface area contributed by atoms with Gasteiger partial charge in [-0.2, -0.15) is 13.2 Å². The zero-order chi connectivity index (χ0) is 26.7. The summed E-state index contributed by atoms with van der Waals surface area (Å²) in [5.74, 6) is -2.26. The smallest absolute Gasteiger partial charge is 0.355 e. The first kappa shape index (κ1) is 27.6. The van der Waals surface area contributed by atoms with Gasteiger partial charge in [-0.3, -0.25) is 9.59 Å². The van der Waals surface area contributed by atoms with Gasteiger partial charge < -0.3 is 15.5 Å². The first-order valence-corrected chi connectivity index (χ1v) is 11.9. The van der Waals surface area contributed by atoms with E-state index in [9.17, 15) is 27.2 Å². The van der Waals surface area contributed by atoms with E-state index >= 15 is 0 Å². The first-order valence-electron chi connectivity index (χ1n) is 11.9. The molecule has 0 saturated heterocycles. The normalized spacial score (nSPS) is 16.4. The van der Waals surface area contributed by atoms with Crippen molar-refractivity contribution in [3.05, 3.63) is 70.5 Å². The number of benzene rings is 2. The van der Waals surface area contributed by atoms with Gasteiger partial charge in [0.1, 0.15) is 5.82 Å². The van der Waals surface area contributed by atoms with Crippen LogP contribution in [0.1, 0.15) is 52.2 Å². The van der Waals surface area contributed by atoms with Crippen molar-refractivity contribution in [3.8, 4) is 0 Å². The van der Waals surface area contributed by atoms with Crippen LogP contribution >= 0.6 is 0 Å². The molecule has 0 spiro atoms. The van der Waals surface area contributed by atoms with Crippen molar-refractivity contribution in [1.82, 2.24) is 15.5 Å². The Hall–Kier alpha value is -2.94. The Morgan fingerprint density at radius 3 is 2.22 bits per heavy atom. The van der Waals surface area contributed by atoms with E-state index in [-0.39, 0.29) is 37.8 Å². The number of nitrogens with one attached hydrogen (secondary N) is 2. The number of amides is 2. The molecule has 1 fully saturated rings. The van der Waals surface area contributed by atoms with E-state index in [1.165, 1.54) is 12.1 Å². The molecule has 2 atom stereocenters. The summed E-state index contributed by atoms with van der Waals surface area (Å²) in [4.78, 5) is 26.7. The number of hydrogen-bond acceptors (Lipinski definition) is 3. The van der Waals surface area contributed by atoms with Crippen molar-refractivity contribution in [1.29, 1.82) is 0 Å². The minimum atomic E-state index is -4.45. The van der Waals surface area contributed by atoms with Crippen molar-refractivity contribution in [2.75, 3.05) is 27.7 Å². The van der Waals surface area contributed by atoms with E-state index < -0.39 is 29.2 Å². The van der Waals surface area contributed by atoms with Gasteiger partial charge in [0.25, 0.3) is 5.91 Å². The molecule has 3 rings (SSSR count). The van der Waals surface area contributed by atoms with Gasteiger partial charge >= 0.3 is 6.18 Å². The highest BCUT2D eigenvalue weighted by Crippen LogP contribution is 2.66. The maximum atomic E-state index is 13.9. The Morgan fingerprint density at radius 2 is 1.72 bits per heavy atom. The topological polar surface area (TPSA) is 61.4 Å². The molecular weight excluding hydrogens is 474 g/mol. The molecule has 0 bridgehead atoms. The van der Waals surface area contributed by atoms with Crippen molar-refractivity contribution in [2.24, 2.45) is 5.41 Å². The second-order valence-corrected chi connectivity index (χ2v) is 9.81. The Labute approximate surface area is 209 Å². The number of carbonyl (C=O) groups excluding carboxylic acids is 2. The molecule has 0 heterocycles. The maximum absolute atomic E-state index is 13.9. The number of rotatable bonds is 10. The standard InChI is InChI=1S/C27H33F4N3O2/c1-17-13-20(25(36)32-2)6-5-19(17)14-22(34(3)4)16-33-24(35)15-23(18-7-9-21(28)10-8-18)26(11-12-26)27(29,30)31/h5-10,13,22-23H,11-12,14-16H2,1-4H3,(H,32,36)(H,33,35)/t22-,23+/m0/s1. The van der Waals surface area contributed by atoms with Crippen LogP contribution in [-0.4, -0.2) is 56.6 Å². The van der Waals surface area contributed by atoms with E-state index in [2.05, 4.69) is 10.6 Å². The molecule has 0 unspecified atom stereocenters. The number of hydrogen-bond donors (Lipinski definition) is 2. The van der Waals surface area contributed by atoms with E-state index in [1.807, 2.05) is 32.0 Å². The van der Waals surface area contributed by atoms with Gasteiger partial charge in [-0.05, 0) is 81.2 Å². The van der Waals surface area contributed by atoms with Crippen molar-refractivity contribution >= 4 is 11.8 Å². The number of nitrogens with zero attached hydrogens (tertiary/aromatic N) is 1. The summed E-state index contributed by atoms with van der Waals surface area (Å²) in [7, 11) is 5.31. The van der Waals surface area contributed by atoms with Gasteiger partial charge in [-0.25, -0.2) is 4.39 Å². The Bertz CT molecular complexity index is 1080. The quantitative estimate of drug-likeness (QED) is 0.462. The monoisotopic (exact) mass is 507 g/mol. The average Bonchev–Trinajstić information content (AvgIpc) is 3.63. The fourth-order valence-corrected chi connectivity index (χ4v) is 4.68. The van der Waals surface area contributed by atoms with Gasteiger partial charge in [0, 0.05) is 37.5 Å². The molecule has 2 amide bonds. The SMILES string of the molecule is CNC(=O)c1ccc(C[C@@H](CNC(=O)C[C@H](c2ccc(F)cc2)C2(C(F)(F)F)CC2)N(C)C)c(C)c1. The maximum Gasteiger partial charge on any atom is 0.395 e. The predicted molar refractivity (Wildman–Crippen MR) is 130 cm³/mol. The highest BCUT2D eigenvalue weighted by atomic mass is 19.4. The number of aryl methyl sites for hydroxylation is 1. The lowest BCUT2D eigenvalue weighted by molar-refractivity contribution is -0.194. The third kappa shape index (κ3) is 6.24.